The van der Waals surface area contributed by atoms with Crippen LogP contribution in [-0.2, 0) is 4.79 Å². The number of nitrogens with zero attached hydrogens (tertiary/aromatic N) is 3. The van der Waals surface area contributed by atoms with Crippen molar-refractivity contribution in [3.8, 4) is 5.75 Å². The van der Waals surface area contributed by atoms with Crippen molar-refractivity contribution < 1.29 is 9.90 Å². The lowest BCUT2D eigenvalue weighted by atomic mass is 10.2. The molecule has 0 bridgehead atoms. The molecule has 1 aromatic rings. The van der Waals surface area contributed by atoms with E-state index in [1.807, 2.05) is 6.92 Å². The molecule has 0 unspecified atom stereocenters. The van der Waals surface area contributed by atoms with Crippen molar-refractivity contribution in [1.82, 2.24) is 5.32 Å². The number of hydrogen-bond acceptors (Lipinski definition) is 4. The Morgan fingerprint density at radius 3 is 2.88 bits per heavy atom. The Morgan fingerprint density at radius 2 is 2.18 bits per heavy atom. The first kappa shape index (κ1) is 11.0. The largest absolute Gasteiger partial charge is 0.506 e. The number of carbonyl (C=O) groups excluding carboxylic acids is 1. The Bertz CT molecular complexity index is 561. The van der Waals surface area contributed by atoms with E-state index >= 15 is 0 Å². The predicted octanol–water partition coefficient (Wildman–Crippen LogP) is 1.78. The first-order chi connectivity index (χ1) is 8.06. The van der Waals surface area contributed by atoms with Gasteiger partial charge in [0, 0.05) is 0 Å². The summed E-state index contributed by atoms with van der Waals surface area (Å²) < 4.78 is 0. The lowest BCUT2D eigenvalue weighted by Crippen LogP contribution is -2.32. The average Bonchev–Trinajstić information content (AvgIpc) is 2.29. The second-order valence-corrected chi connectivity index (χ2v) is 3.53. The van der Waals surface area contributed by atoms with Gasteiger partial charge in [-0.05, 0) is 24.6 Å². The number of nitrogens with one attached hydrogen (secondary N) is 1. The van der Waals surface area contributed by atoms with Gasteiger partial charge < -0.3 is 5.11 Å². The van der Waals surface area contributed by atoms with Crippen LogP contribution in [0.15, 0.2) is 45.7 Å². The van der Waals surface area contributed by atoms with Gasteiger partial charge in [0.05, 0.1) is 0 Å². The minimum atomic E-state index is -0.453. The maximum absolute atomic E-state index is 11.2. The Kier molecular flexibility index (Phi) is 2.70. The lowest BCUT2D eigenvalue weighted by Gasteiger charge is -2.08. The summed E-state index contributed by atoms with van der Waals surface area (Å²) in [5.74, 6) is -0.411. The number of aryl methyl sites for hydroxylation is 1. The normalized spacial score (nSPS) is 17.4. The molecule has 0 radical (unpaired) electrons. The van der Waals surface area contributed by atoms with E-state index in [1.165, 1.54) is 6.07 Å². The van der Waals surface area contributed by atoms with Crippen LogP contribution < -0.4 is 5.32 Å². The second kappa shape index (κ2) is 4.17. The van der Waals surface area contributed by atoms with E-state index in [1.54, 1.807) is 12.1 Å². The predicted molar refractivity (Wildman–Crippen MR) is 62.1 cm³/mol. The molecule has 0 aromatic heterocycles. The summed E-state index contributed by atoms with van der Waals surface area (Å²) in [6, 6.07) is 4.95. The molecule has 6 nitrogen and oxygen atoms in total. The molecular weight excluding hydrogens is 220 g/mol. The topological polar surface area (TPSA) is 86.4 Å². The number of carbonyl (C=O) groups is 1. The number of guanidine groups is 1. The molecule has 86 valence electrons. The third kappa shape index (κ3) is 2.36. The third-order valence-corrected chi connectivity index (χ3v) is 2.11. The number of phenolic OH excluding ortho intramolecular Hbond substituents is 1. The van der Waals surface area contributed by atoms with E-state index in [2.05, 4.69) is 27.1 Å². The molecule has 0 atom stereocenters. The van der Waals surface area contributed by atoms with Gasteiger partial charge in [-0.15, -0.1) is 10.2 Å². The van der Waals surface area contributed by atoms with Crippen LogP contribution in [0, 0.1) is 6.92 Å². The maximum atomic E-state index is 11.2. The monoisotopic (exact) mass is 230 g/mol. The number of aliphatic imine (C=N–C) groups is 1. The Labute approximate surface area is 97.4 Å². The summed E-state index contributed by atoms with van der Waals surface area (Å²) in [5.41, 5.74) is 1.29. The summed E-state index contributed by atoms with van der Waals surface area (Å²) in [7, 11) is 0. The smallest absolute Gasteiger partial charge is 0.277 e. The molecule has 1 heterocycles. The van der Waals surface area contributed by atoms with Crippen LogP contribution in [0.25, 0.3) is 0 Å². The van der Waals surface area contributed by atoms with Gasteiger partial charge >= 0.3 is 0 Å². The summed E-state index contributed by atoms with van der Waals surface area (Å²) >= 11 is 0. The molecule has 17 heavy (non-hydrogen) atoms. The molecular formula is C11H10N4O2. The zero-order chi connectivity index (χ0) is 12.4. The van der Waals surface area contributed by atoms with Crippen LogP contribution in [0.5, 0.6) is 5.75 Å². The third-order valence-electron chi connectivity index (χ3n) is 2.11. The Morgan fingerprint density at radius 1 is 1.41 bits per heavy atom. The molecule has 1 amide bonds. The van der Waals surface area contributed by atoms with Gasteiger partial charge in [-0.3, -0.25) is 10.1 Å². The van der Waals surface area contributed by atoms with Crippen molar-refractivity contribution in [1.29, 1.82) is 0 Å². The van der Waals surface area contributed by atoms with E-state index in [0.717, 1.165) is 5.56 Å². The maximum Gasteiger partial charge on any atom is 0.277 e. The highest BCUT2D eigenvalue weighted by Gasteiger charge is 2.15. The van der Waals surface area contributed by atoms with E-state index in [-0.39, 0.29) is 17.4 Å². The minimum Gasteiger partial charge on any atom is -0.506 e. The van der Waals surface area contributed by atoms with E-state index in [0.29, 0.717) is 5.69 Å². The molecule has 6 heteroatoms. The summed E-state index contributed by atoms with van der Waals surface area (Å²) in [6.45, 7) is 5.26. The van der Waals surface area contributed by atoms with E-state index in [4.69, 9.17) is 0 Å². The number of benzene rings is 1. The van der Waals surface area contributed by atoms with Crippen molar-refractivity contribution >= 4 is 17.6 Å². The van der Waals surface area contributed by atoms with E-state index < -0.39 is 5.91 Å². The number of rotatable bonds is 1. The van der Waals surface area contributed by atoms with Crippen LogP contribution in [-0.4, -0.2) is 17.0 Å². The number of amides is 1. The van der Waals surface area contributed by atoms with Crippen molar-refractivity contribution in [3.05, 3.63) is 36.0 Å². The molecule has 0 saturated carbocycles. The summed E-state index contributed by atoms with van der Waals surface area (Å²) in [6.07, 6.45) is 0. The van der Waals surface area contributed by atoms with Gasteiger partial charge in [0.25, 0.3) is 5.91 Å². The minimum absolute atomic E-state index is 0.0111. The van der Waals surface area contributed by atoms with Gasteiger partial charge in [-0.1, -0.05) is 12.6 Å². The van der Waals surface area contributed by atoms with Crippen LogP contribution in [0.2, 0.25) is 0 Å². The van der Waals surface area contributed by atoms with Gasteiger partial charge in [0.1, 0.15) is 17.1 Å². The zero-order valence-corrected chi connectivity index (χ0v) is 9.14. The zero-order valence-electron chi connectivity index (χ0n) is 9.14. The Hall–Kier alpha value is -2.50. The fraction of sp³-hybridized carbons (Fsp3) is 0.0909. The highest BCUT2D eigenvalue weighted by Crippen LogP contribution is 2.27. The molecule has 1 aliphatic heterocycles. The number of phenols is 1. The van der Waals surface area contributed by atoms with Crippen LogP contribution in [0.3, 0.4) is 0 Å². The molecule has 0 fully saturated rings. The van der Waals surface area contributed by atoms with Gasteiger partial charge in [-0.25, -0.2) is 4.99 Å². The number of aromatic hydroxyl groups is 1. The van der Waals surface area contributed by atoms with Gasteiger partial charge in [-0.2, -0.15) is 0 Å². The fourth-order valence-electron chi connectivity index (χ4n) is 1.24. The SMILES string of the molecule is C=C1N=NC(=Nc2cc(C)ccc2O)NC1=O. The Balaban J connectivity index is 2.37. The molecule has 1 aromatic carbocycles. The second-order valence-electron chi connectivity index (χ2n) is 3.53. The van der Waals surface area contributed by atoms with Crippen molar-refractivity contribution in [2.24, 2.45) is 15.2 Å². The summed E-state index contributed by atoms with van der Waals surface area (Å²) in [5, 5.41) is 19.2. The van der Waals surface area contributed by atoms with Gasteiger partial charge in [0.2, 0.25) is 5.96 Å². The standard InChI is InChI=1S/C11H10N4O2/c1-6-3-4-9(16)8(5-6)12-11-13-10(17)7(2)14-15-11/h3-5,16H,2H2,1H3,(H,12,13,17). The average molecular weight is 230 g/mol. The lowest BCUT2D eigenvalue weighted by molar-refractivity contribution is -0.116. The number of hydrogen-bond donors (Lipinski definition) is 2. The quantitative estimate of drug-likeness (QED) is 0.720. The van der Waals surface area contributed by atoms with Crippen LogP contribution >= 0.6 is 0 Å². The number of azo groups is 1. The van der Waals surface area contributed by atoms with Crippen molar-refractivity contribution in [2.75, 3.05) is 0 Å². The molecule has 1 aliphatic rings. The molecule has 0 saturated heterocycles. The first-order valence-corrected chi connectivity index (χ1v) is 4.86. The van der Waals surface area contributed by atoms with Gasteiger partial charge in [0.15, 0.2) is 0 Å². The van der Waals surface area contributed by atoms with E-state index in [9.17, 15) is 9.90 Å². The molecule has 2 rings (SSSR count). The van der Waals surface area contributed by atoms with Crippen molar-refractivity contribution in [2.45, 2.75) is 6.92 Å². The van der Waals surface area contributed by atoms with Crippen LogP contribution in [0.4, 0.5) is 5.69 Å². The van der Waals surface area contributed by atoms with Crippen molar-refractivity contribution in [3.63, 3.8) is 0 Å². The van der Waals surface area contributed by atoms with Crippen LogP contribution in [0.1, 0.15) is 5.56 Å². The fourth-order valence-corrected chi connectivity index (χ4v) is 1.24. The first-order valence-electron chi connectivity index (χ1n) is 4.86. The molecule has 0 aliphatic carbocycles. The summed E-state index contributed by atoms with van der Waals surface area (Å²) in [4.78, 5) is 15.2. The highest BCUT2D eigenvalue weighted by molar-refractivity contribution is 6.07. The highest BCUT2D eigenvalue weighted by atomic mass is 16.3. The molecule has 0 spiro atoms. The molecule has 2 N–H and O–H groups in total.